The van der Waals surface area contributed by atoms with Crippen molar-refractivity contribution < 1.29 is 27.5 Å². The van der Waals surface area contributed by atoms with Crippen LogP contribution >= 0.6 is 0 Å². The number of likely N-dealkylation sites (tertiary alicyclic amines) is 1. The van der Waals surface area contributed by atoms with Crippen LogP contribution in [0.4, 0.5) is 13.2 Å². The van der Waals surface area contributed by atoms with E-state index >= 15 is 0 Å². The summed E-state index contributed by atoms with van der Waals surface area (Å²) in [5, 5.41) is 2.84. The van der Waals surface area contributed by atoms with E-state index in [9.17, 15) is 22.8 Å². The Morgan fingerprint density at radius 1 is 1.00 bits per heavy atom. The molecule has 0 aromatic heterocycles. The van der Waals surface area contributed by atoms with E-state index in [-0.39, 0.29) is 17.5 Å². The highest BCUT2D eigenvalue weighted by atomic mass is 19.4. The number of rotatable bonds is 5. The van der Waals surface area contributed by atoms with Crippen molar-refractivity contribution in [2.24, 2.45) is 0 Å². The van der Waals surface area contributed by atoms with Crippen molar-refractivity contribution in [3.63, 3.8) is 0 Å². The number of piperidine rings is 1. The van der Waals surface area contributed by atoms with Crippen LogP contribution in [0.15, 0.2) is 48.5 Å². The Morgan fingerprint density at radius 2 is 1.57 bits per heavy atom. The van der Waals surface area contributed by atoms with E-state index in [1.807, 2.05) is 6.92 Å². The molecule has 0 saturated carbocycles. The number of nitrogens with zero attached hydrogens (tertiary/aromatic N) is 1. The van der Waals surface area contributed by atoms with Gasteiger partial charge < -0.3 is 15.0 Å². The second kappa shape index (κ2) is 9.19. The summed E-state index contributed by atoms with van der Waals surface area (Å²) in [5.74, 6) is 0.212. The van der Waals surface area contributed by atoms with E-state index < -0.39 is 17.6 Å². The summed E-state index contributed by atoms with van der Waals surface area (Å²) < 4.78 is 43.3. The largest absolute Gasteiger partial charge is 0.494 e. The fourth-order valence-corrected chi connectivity index (χ4v) is 3.35. The standard InChI is InChI=1S/C22H23F3N2O3/c1-2-30-19-9-5-16(6-10-19)21(29)27-13-11-18(12-14-27)26-20(28)15-3-7-17(8-4-15)22(23,24)25/h3-10,18H,2,11-14H2,1H3,(H,26,28). The van der Waals surface area contributed by atoms with E-state index in [1.54, 1.807) is 29.2 Å². The van der Waals surface area contributed by atoms with Crippen molar-refractivity contribution in [1.29, 1.82) is 0 Å². The molecule has 2 amide bonds. The molecule has 8 heteroatoms. The third-order valence-corrected chi connectivity index (χ3v) is 5.00. The fourth-order valence-electron chi connectivity index (χ4n) is 3.35. The van der Waals surface area contributed by atoms with Gasteiger partial charge in [-0.15, -0.1) is 0 Å². The van der Waals surface area contributed by atoms with Crippen molar-refractivity contribution in [2.75, 3.05) is 19.7 Å². The van der Waals surface area contributed by atoms with Crippen LogP contribution in [0.3, 0.4) is 0 Å². The monoisotopic (exact) mass is 420 g/mol. The minimum absolute atomic E-state index is 0.0782. The molecular formula is C22H23F3N2O3. The third-order valence-electron chi connectivity index (χ3n) is 5.00. The van der Waals surface area contributed by atoms with Gasteiger partial charge in [0.25, 0.3) is 11.8 Å². The Balaban J connectivity index is 1.51. The molecule has 1 aliphatic rings. The Labute approximate surface area is 172 Å². The van der Waals surface area contributed by atoms with Crippen molar-refractivity contribution in [1.82, 2.24) is 10.2 Å². The summed E-state index contributed by atoms with van der Waals surface area (Å²) in [6.07, 6.45) is -3.28. The van der Waals surface area contributed by atoms with E-state index in [1.165, 1.54) is 12.1 Å². The number of halogens is 3. The molecule has 0 bridgehead atoms. The second-order valence-corrected chi connectivity index (χ2v) is 7.07. The summed E-state index contributed by atoms with van der Waals surface area (Å²) in [6, 6.07) is 11.0. The summed E-state index contributed by atoms with van der Waals surface area (Å²) >= 11 is 0. The van der Waals surface area contributed by atoms with Gasteiger partial charge in [0.15, 0.2) is 0 Å². The third kappa shape index (κ3) is 5.31. The molecule has 0 aliphatic carbocycles. The molecule has 0 spiro atoms. The zero-order valence-electron chi connectivity index (χ0n) is 16.5. The zero-order valence-corrected chi connectivity index (χ0v) is 16.5. The lowest BCUT2D eigenvalue weighted by Gasteiger charge is -2.32. The summed E-state index contributed by atoms with van der Waals surface area (Å²) in [4.78, 5) is 26.7. The highest BCUT2D eigenvalue weighted by Gasteiger charge is 2.30. The van der Waals surface area contributed by atoms with Crippen LogP contribution in [0.1, 0.15) is 46.0 Å². The lowest BCUT2D eigenvalue weighted by Crippen LogP contribution is -2.46. The lowest BCUT2D eigenvalue weighted by molar-refractivity contribution is -0.137. The molecule has 160 valence electrons. The highest BCUT2D eigenvalue weighted by molar-refractivity contribution is 5.95. The molecule has 0 atom stereocenters. The van der Waals surface area contributed by atoms with Crippen LogP contribution in [-0.4, -0.2) is 42.5 Å². The van der Waals surface area contributed by atoms with Gasteiger partial charge in [0, 0.05) is 30.3 Å². The van der Waals surface area contributed by atoms with Gasteiger partial charge >= 0.3 is 6.18 Å². The Morgan fingerprint density at radius 3 is 2.10 bits per heavy atom. The van der Waals surface area contributed by atoms with Crippen LogP contribution < -0.4 is 10.1 Å². The smallest absolute Gasteiger partial charge is 0.416 e. The molecule has 1 N–H and O–H groups in total. The number of hydrogen-bond acceptors (Lipinski definition) is 3. The number of alkyl halides is 3. The summed E-state index contributed by atoms with van der Waals surface area (Å²) in [6.45, 7) is 3.42. The second-order valence-electron chi connectivity index (χ2n) is 7.07. The molecule has 0 unspecified atom stereocenters. The van der Waals surface area contributed by atoms with Crippen molar-refractivity contribution >= 4 is 11.8 Å². The first-order valence-electron chi connectivity index (χ1n) is 9.78. The number of amides is 2. The minimum atomic E-state index is -4.43. The number of carbonyl (C=O) groups is 2. The minimum Gasteiger partial charge on any atom is -0.494 e. The maximum Gasteiger partial charge on any atom is 0.416 e. The zero-order chi connectivity index (χ0) is 21.7. The van der Waals surface area contributed by atoms with E-state index in [4.69, 9.17) is 4.74 Å². The maximum atomic E-state index is 12.6. The van der Waals surface area contributed by atoms with E-state index in [0.717, 1.165) is 12.1 Å². The van der Waals surface area contributed by atoms with Gasteiger partial charge in [-0.1, -0.05) is 0 Å². The molecule has 0 radical (unpaired) electrons. The molecule has 5 nitrogen and oxygen atoms in total. The first-order chi connectivity index (χ1) is 14.3. The molecule has 2 aromatic rings. The Bertz CT molecular complexity index is 872. The van der Waals surface area contributed by atoms with Crippen LogP contribution in [-0.2, 0) is 6.18 Å². The quantitative estimate of drug-likeness (QED) is 0.791. The molecule has 2 aromatic carbocycles. The van der Waals surface area contributed by atoms with Gasteiger partial charge in [-0.3, -0.25) is 9.59 Å². The number of hydrogen-bond donors (Lipinski definition) is 1. The predicted octanol–water partition coefficient (Wildman–Crippen LogP) is 4.14. The predicted molar refractivity (Wildman–Crippen MR) is 105 cm³/mol. The average molecular weight is 420 g/mol. The van der Waals surface area contributed by atoms with Gasteiger partial charge in [0.05, 0.1) is 12.2 Å². The highest BCUT2D eigenvalue weighted by Crippen LogP contribution is 2.29. The van der Waals surface area contributed by atoms with E-state index in [0.29, 0.717) is 43.9 Å². The van der Waals surface area contributed by atoms with Crippen LogP contribution in [0.2, 0.25) is 0 Å². The number of nitrogens with one attached hydrogen (secondary N) is 1. The molecule has 30 heavy (non-hydrogen) atoms. The van der Waals surface area contributed by atoms with Gasteiger partial charge in [0.1, 0.15) is 5.75 Å². The van der Waals surface area contributed by atoms with Crippen LogP contribution in [0.25, 0.3) is 0 Å². The van der Waals surface area contributed by atoms with Crippen LogP contribution in [0.5, 0.6) is 5.75 Å². The molecule has 1 fully saturated rings. The molecule has 3 rings (SSSR count). The van der Waals surface area contributed by atoms with Crippen molar-refractivity contribution in [3.05, 3.63) is 65.2 Å². The van der Waals surface area contributed by atoms with Gasteiger partial charge in [0.2, 0.25) is 0 Å². The maximum absolute atomic E-state index is 12.6. The van der Waals surface area contributed by atoms with Crippen LogP contribution in [0, 0.1) is 0 Å². The lowest BCUT2D eigenvalue weighted by atomic mass is 10.0. The Kier molecular flexibility index (Phi) is 6.64. The number of benzene rings is 2. The molecule has 1 saturated heterocycles. The van der Waals surface area contributed by atoms with Crippen molar-refractivity contribution in [2.45, 2.75) is 32.0 Å². The van der Waals surface area contributed by atoms with Crippen molar-refractivity contribution in [3.8, 4) is 5.75 Å². The fraction of sp³-hybridized carbons (Fsp3) is 0.364. The molecule has 1 aliphatic heterocycles. The first-order valence-corrected chi connectivity index (χ1v) is 9.78. The van der Waals surface area contributed by atoms with E-state index in [2.05, 4.69) is 5.32 Å². The summed E-state index contributed by atoms with van der Waals surface area (Å²) in [7, 11) is 0. The molecule has 1 heterocycles. The first kappa shape index (κ1) is 21.7. The Hall–Kier alpha value is -3.03. The SMILES string of the molecule is CCOc1ccc(C(=O)N2CCC(NC(=O)c3ccc(C(F)(F)F)cc3)CC2)cc1. The topological polar surface area (TPSA) is 58.6 Å². The number of carbonyl (C=O) groups excluding carboxylic acids is 2. The van der Waals surface area contributed by atoms with Gasteiger partial charge in [-0.2, -0.15) is 13.2 Å². The normalized spacial score (nSPS) is 15.0. The van der Waals surface area contributed by atoms with Gasteiger partial charge in [-0.25, -0.2) is 0 Å². The molecular weight excluding hydrogens is 397 g/mol. The van der Waals surface area contributed by atoms with Gasteiger partial charge in [-0.05, 0) is 68.3 Å². The number of ether oxygens (including phenoxy) is 1. The average Bonchev–Trinajstić information content (AvgIpc) is 2.74. The summed E-state index contributed by atoms with van der Waals surface area (Å²) in [5.41, 5.74) is -0.0400.